The Morgan fingerprint density at radius 3 is 2.76 bits per heavy atom. The Kier molecular flexibility index (Phi) is 7.92. The van der Waals surface area contributed by atoms with Crippen LogP contribution in [-0.4, -0.2) is 38.3 Å². The summed E-state index contributed by atoms with van der Waals surface area (Å²) in [5, 5.41) is 7.08. The van der Waals surface area contributed by atoms with Crippen molar-refractivity contribution >= 4 is 10.0 Å². The van der Waals surface area contributed by atoms with E-state index < -0.39 is 10.0 Å². The monoisotopic (exact) mass is 316 g/mol. The van der Waals surface area contributed by atoms with Crippen LogP contribution in [0.15, 0.2) is 17.3 Å². The average Bonchev–Trinajstić information content (AvgIpc) is 2.95. The molecule has 0 amide bonds. The van der Waals surface area contributed by atoms with Gasteiger partial charge in [-0.2, -0.15) is 5.10 Å². The SMILES string of the molecule is CCCCC(CC)CNS(=O)(=O)c1cnn(CCNC)c1. The van der Waals surface area contributed by atoms with Gasteiger partial charge < -0.3 is 5.32 Å². The number of hydrogen-bond donors (Lipinski definition) is 2. The predicted octanol–water partition coefficient (Wildman–Crippen LogP) is 1.60. The van der Waals surface area contributed by atoms with Crippen molar-refractivity contribution in [3.8, 4) is 0 Å². The molecule has 1 rings (SSSR count). The molecule has 0 aromatic carbocycles. The number of nitrogens with one attached hydrogen (secondary N) is 2. The van der Waals surface area contributed by atoms with Crippen LogP contribution >= 0.6 is 0 Å². The average molecular weight is 316 g/mol. The van der Waals surface area contributed by atoms with Crippen LogP contribution in [0.5, 0.6) is 0 Å². The molecule has 1 atom stereocenters. The molecule has 0 saturated heterocycles. The van der Waals surface area contributed by atoms with Gasteiger partial charge in [-0.1, -0.05) is 33.1 Å². The molecule has 0 radical (unpaired) electrons. The van der Waals surface area contributed by atoms with Crippen molar-refractivity contribution in [2.24, 2.45) is 5.92 Å². The first-order valence-electron chi connectivity index (χ1n) is 7.70. The second-order valence-electron chi connectivity index (χ2n) is 5.31. The first kappa shape index (κ1) is 18.1. The lowest BCUT2D eigenvalue weighted by Crippen LogP contribution is -2.29. The van der Waals surface area contributed by atoms with Gasteiger partial charge in [-0.3, -0.25) is 4.68 Å². The number of hydrogen-bond acceptors (Lipinski definition) is 4. The van der Waals surface area contributed by atoms with Gasteiger partial charge in [0, 0.05) is 19.3 Å². The molecule has 0 aliphatic carbocycles. The van der Waals surface area contributed by atoms with Crippen molar-refractivity contribution in [3.05, 3.63) is 12.4 Å². The molecule has 0 aliphatic heterocycles. The molecule has 0 bridgehead atoms. The Morgan fingerprint density at radius 1 is 1.38 bits per heavy atom. The zero-order chi connectivity index (χ0) is 15.7. The lowest BCUT2D eigenvalue weighted by molar-refractivity contribution is 0.443. The molecule has 21 heavy (non-hydrogen) atoms. The van der Waals surface area contributed by atoms with Gasteiger partial charge in [-0.25, -0.2) is 13.1 Å². The van der Waals surface area contributed by atoms with Crippen LogP contribution in [0.25, 0.3) is 0 Å². The van der Waals surface area contributed by atoms with E-state index in [2.05, 4.69) is 29.0 Å². The van der Waals surface area contributed by atoms with Gasteiger partial charge in [0.25, 0.3) is 0 Å². The number of sulfonamides is 1. The number of nitrogens with zero attached hydrogens (tertiary/aromatic N) is 2. The number of aromatic nitrogens is 2. The summed E-state index contributed by atoms with van der Waals surface area (Å²) >= 11 is 0. The van der Waals surface area contributed by atoms with Crippen LogP contribution in [0.3, 0.4) is 0 Å². The van der Waals surface area contributed by atoms with Crippen LogP contribution < -0.4 is 10.0 Å². The number of likely N-dealkylation sites (N-methyl/N-ethyl adjacent to an activating group) is 1. The van der Waals surface area contributed by atoms with E-state index in [1.807, 2.05) is 7.05 Å². The second-order valence-corrected chi connectivity index (χ2v) is 7.08. The smallest absolute Gasteiger partial charge is 0.243 e. The normalized spacial score (nSPS) is 13.5. The van der Waals surface area contributed by atoms with E-state index in [-0.39, 0.29) is 4.90 Å². The molecule has 2 N–H and O–H groups in total. The van der Waals surface area contributed by atoms with Crippen LogP contribution in [0, 0.1) is 5.92 Å². The largest absolute Gasteiger partial charge is 0.318 e. The molecule has 122 valence electrons. The second kappa shape index (κ2) is 9.17. The fraction of sp³-hybridized carbons (Fsp3) is 0.786. The summed E-state index contributed by atoms with van der Waals surface area (Å²) in [6.07, 6.45) is 7.32. The van der Waals surface area contributed by atoms with Crippen LogP contribution in [0.2, 0.25) is 0 Å². The van der Waals surface area contributed by atoms with E-state index in [0.29, 0.717) is 19.0 Å². The standard InChI is InChI=1S/C14H28N4O2S/c1-4-6-7-13(5-2)10-17-21(19,20)14-11-16-18(12-14)9-8-15-3/h11-13,15,17H,4-10H2,1-3H3. The van der Waals surface area contributed by atoms with Gasteiger partial charge in [-0.05, 0) is 19.4 Å². The third-order valence-corrected chi connectivity index (χ3v) is 4.99. The molecular formula is C14H28N4O2S. The molecule has 1 unspecified atom stereocenters. The van der Waals surface area contributed by atoms with Crippen LogP contribution in [0.4, 0.5) is 0 Å². The maximum Gasteiger partial charge on any atom is 0.243 e. The third-order valence-electron chi connectivity index (χ3n) is 3.62. The predicted molar refractivity (Wildman–Crippen MR) is 84.6 cm³/mol. The van der Waals surface area contributed by atoms with E-state index in [4.69, 9.17) is 0 Å². The van der Waals surface area contributed by atoms with Gasteiger partial charge in [0.2, 0.25) is 10.0 Å². The fourth-order valence-corrected chi connectivity index (χ4v) is 3.15. The van der Waals surface area contributed by atoms with Crippen molar-refractivity contribution in [2.45, 2.75) is 51.0 Å². The summed E-state index contributed by atoms with van der Waals surface area (Å²) in [6.45, 7) is 6.16. The Hall–Kier alpha value is -0.920. The Balaban J connectivity index is 2.57. The number of unbranched alkanes of at least 4 members (excludes halogenated alkanes) is 1. The Bertz CT molecular complexity index is 499. The van der Waals surface area contributed by atoms with Gasteiger partial charge in [-0.15, -0.1) is 0 Å². The van der Waals surface area contributed by atoms with E-state index in [1.165, 1.54) is 6.20 Å². The molecule has 0 aliphatic rings. The molecule has 7 heteroatoms. The third kappa shape index (κ3) is 6.15. The maximum atomic E-state index is 12.2. The molecular weight excluding hydrogens is 288 g/mol. The summed E-state index contributed by atoms with van der Waals surface area (Å²) in [7, 11) is -1.60. The Labute approximate surface area is 128 Å². The Morgan fingerprint density at radius 2 is 2.14 bits per heavy atom. The van der Waals surface area contributed by atoms with Gasteiger partial charge in [0.15, 0.2) is 0 Å². The van der Waals surface area contributed by atoms with Crippen molar-refractivity contribution < 1.29 is 8.42 Å². The topological polar surface area (TPSA) is 76.0 Å². The zero-order valence-corrected chi connectivity index (χ0v) is 14.1. The van der Waals surface area contributed by atoms with Crippen molar-refractivity contribution in [3.63, 3.8) is 0 Å². The van der Waals surface area contributed by atoms with Gasteiger partial charge in [0.05, 0.1) is 12.7 Å². The van der Waals surface area contributed by atoms with E-state index in [1.54, 1.807) is 10.9 Å². The highest BCUT2D eigenvalue weighted by Crippen LogP contribution is 2.13. The minimum absolute atomic E-state index is 0.240. The van der Waals surface area contributed by atoms with Crippen molar-refractivity contribution in [2.75, 3.05) is 20.1 Å². The van der Waals surface area contributed by atoms with Gasteiger partial charge in [0.1, 0.15) is 4.90 Å². The van der Waals surface area contributed by atoms with Crippen molar-refractivity contribution in [1.82, 2.24) is 19.8 Å². The zero-order valence-electron chi connectivity index (χ0n) is 13.3. The maximum absolute atomic E-state index is 12.2. The summed E-state index contributed by atoms with van der Waals surface area (Å²) in [6, 6.07) is 0. The summed E-state index contributed by atoms with van der Waals surface area (Å²) in [5.41, 5.74) is 0. The highest BCUT2D eigenvalue weighted by molar-refractivity contribution is 7.89. The van der Waals surface area contributed by atoms with Crippen molar-refractivity contribution in [1.29, 1.82) is 0 Å². The highest BCUT2D eigenvalue weighted by Gasteiger charge is 2.18. The summed E-state index contributed by atoms with van der Waals surface area (Å²) in [4.78, 5) is 0.240. The first-order chi connectivity index (χ1) is 10.0. The lowest BCUT2D eigenvalue weighted by Gasteiger charge is -2.14. The summed E-state index contributed by atoms with van der Waals surface area (Å²) < 4.78 is 28.8. The molecule has 1 aromatic rings. The van der Waals surface area contributed by atoms with Crippen LogP contribution in [-0.2, 0) is 16.6 Å². The first-order valence-corrected chi connectivity index (χ1v) is 9.18. The summed E-state index contributed by atoms with van der Waals surface area (Å²) in [5.74, 6) is 0.402. The molecule has 1 aromatic heterocycles. The molecule has 0 fully saturated rings. The molecule has 0 spiro atoms. The number of rotatable bonds is 11. The van der Waals surface area contributed by atoms with E-state index >= 15 is 0 Å². The van der Waals surface area contributed by atoms with Crippen LogP contribution in [0.1, 0.15) is 39.5 Å². The van der Waals surface area contributed by atoms with Gasteiger partial charge >= 0.3 is 0 Å². The molecule has 0 saturated carbocycles. The quantitative estimate of drug-likeness (QED) is 0.650. The highest BCUT2D eigenvalue weighted by atomic mass is 32.2. The fourth-order valence-electron chi connectivity index (χ4n) is 2.09. The molecule has 1 heterocycles. The minimum Gasteiger partial charge on any atom is -0.318 e. The van der Waals surface area contributed by atoms with E-state index in [9.17, 15) is 8.42 Å². The minimum atomic E-state index is -3.45. The van der Waals surface area contributed by atoms with E-state index in [0.717, 1.165) is 32.2 Å². The molecule has 6 nitrogen and oxygen atoms in total. The lowest BCUT2D eigenvalue weighted by atomic mass is 10.00.